The molecule has 3 fully saturated rings. The quantitative estimate of drug-likeness (QED) is 0.635. The highest BCUT2D eigenvalue weighted by Crippen LogP contribution is 2.27. The number of nitrogens with one attached hydrogen (secondary N) is 2. The van der Waals surface area contributed by atoms with Crippen molar-refractivity contribution in [2.45, 2.75) is 62.5 Å². The second kappa shape index (κ2) is 5.91. The standard InChI is InChI=1S/C13H22N2O3S/c16-10-7-18-11-9(6-17-12(10)11)15-13(19)14-8-4-2-1-3-5-8/h8-12,16H,1-7H2,(H2,14,15,19)/t9-,10+,11+,12+/m0/s1. The molecule has 1 aliphatic carbocycles. The van der Waals surface area contributed by atoms with Crippen LogP contribution in [0.3, 0.4) is 0 Å². The number of aliphatic hydroxyl groups excluding tert-OH is 1. The Bertz CT molecular complexity index is 336. The monoisotopic (exact) mass is 286 g/mol. The molecule has 0 radical (unpaired) electrons. The lowest BCUT2D eigenvalue weighted by atomic mass is 9.96. The first-order valence-electron chi connectivity index (χ1n) is 7.22. The van der Waals surface area contributed by atoms with Gasteiger partial charge in [0.2, 0.25) is 0 Å². The Morgan fingerprint density at radius 2 is 1.74 bits per heavy atom. The van der Waals surface area contributed by atoms with Crippen molar-refractivity contribution >= 4 is 17.3 Å². The molecule has 6 heteroatoms. The Labute approximate surface area is 119 Å². The minimum absolute atomic E-state index is 0.0470. The molecule has 108 valence electrons. The highest BCUT2D eigenvalue weighted by molar-refractivity contribution is 7.80. The molecule has 2 saturated heterocycles. The van der Waals surface area contributed by atoms with Gasteiger partial charge in [0.05, 0.1) is 19.3 Å². The summed E-state index contributed by atoms with van der Waals surface area (Å²) in [5, 5.41) is 17.0. The Kier molecular flexibility index (Phi) is 4.21. The number of ether oxygens (including phenoxy) is 2. The lowest BCUT2D eigenvalue weighted by molar-refractivity contribution is 0.0180. The van der Waals surface area contributed by atoms with E-state index in [4.69, 9.17) is 21.7 Å². The topological polar surface area (TPSA) is 62.8 Å². The zero-order valence-electron chi connectivity index (χ0n) is 11.0. The molecule has 0 bridgehead atoms. The van der Waals surface area contributed by atoms with Crippen molar-refractivity contribution in [3.05, 3.63) is 0 Å². The van der Waals surface area contributed by atoms with E-state index in [1.165, 1.54) is 32.1 Å². The average molecular weight is 286 g/mol. The molecule has 5 nitrogen and oxygen atoms in total. The van der Waals surface area contributed by atoms with Crippen LogP contribution in [0.2, 0.25) is 0 Å². The largest absolute Gasteiger partial charge is 0.388 e. The fourth-order valence-electron chi connectivity index (χ4n) is 3.25. The maximum atomic E-state index is 9.69. The molecule has 2 aliphatic heterocycles. The molecule has 3 rings (SSSR count). The van der Waals surface area contributed by atoms with Gasteiger partial charge in [-0.2, -0.15) is 0 Å². The molecule has 0 unspecified atom stereocenters. The predicted molar refractivity (Wildman–Crippen MR) is 75.0 cm³/mol. The zero-order valence-corrected chi connectivity index (χ0v) is 11.8. The van der Waals surface area contributed by atoms with Crippen molar-refractivity contribution in [1.29, 1.82) is 0 Å². The Morgan fingerprint density at radius 3 is 2.53 bits per heavy atom. The van der Waals surface area contributed by atoms with Crippen LogP contribution in [0, 0.1) is 0 Å². The van der Waals surface area contributed by atoms with Gasteiger partial charge in [0.25, 0.3) is 0 Å². The molecule has 19 heavy (non-hydrogen) atoms. The molecule has 0 spiro atoms. The van der Waals surface area contributed by atoms with Gasteiger partial charge in [0, 0.05) is 6.04 Å². The van der Waals surface area contributed by atoms with Crippen molar-refractivity contribution in [2.24, 2.45) is 0 Å². The highest BCUT2D eigenvalue weighted by atomic mass is 32.1. The van der Waals surface area contributed by atoms with Gasteiger partial charge in [-0.15, -0.1) is 0 Å². The molecular formula is C13H22N2O3S. The van der Waals surface area contributed by atoms with Gasteiger partial charge in [-0.1, -0.05) is 19.3 Å². The van der Waals surface area contributed by atoms with Gasteiger partial charge < -0.3 is 25.2 Å². The summed E-state index contributed by atoms with van der Waals surface area (Å²) in [4.78, 5) is 0. The first-order chi connectivity index (χ1) is 9.24. The van der Waals surface area contributed by atoms with Crippen LogP contribution >= 0.6 is 12.2 Å². The van der Waals surface area contributed by atoms with Crippen LogP contribution in [0.1, 0.15) is 32.1 Å². The fraction of sp³-hybridized carbons (Fsp3) is 0.923. The van der Waals surface area contributed by atoms with Crippen molar-refractivity contribution in [1.82, 2.24) is 10.6 Å². The van der Waals surface area contributed by atoms with Crippen molar-refractivity contribution in [2.75, 3.05) is 13.2 Å². The number of rotatable bonds is 2. The van der Waals surface area contributed by atoms with Gasteiger partial charge in [0.15, 0.2) is 5.11 Å². The van der Waals surface area contributed by atoms with E-state index in [0.29, 0.717) is 24.4 Å². The van der Waals surface area contributed by atoms with Crippen LogP contribution in [0.4, 0.5) is 0 Å². The summed E-state index contributed by atoms with van der Waals surface area (Å²) >= 11 is 5.36. The Hall–Kier alpha value is -0.430. The van der Waals surface area contributed by atoms with Crippen molar-refractivity contribution in [3.8, 4) is 0 Å². The van der Waals surface area contributed by atoms with Crippen LogP contribution in [0.15, 0.2) is 0 Å². The van der Waals surface area contributed by atoms with Gasteiger partial charge in [0.1, 0.15) is 18.3 Å². The van der Waals surface area contributed by atoms with E-state index >= 15 is 0 Å². The highest BCUT2D eigenvalue weighted by Gasteiger charge is 2.47. The summed E-state index contributed by atoms with van der Waals surface area (Å²) in [6.07, 6.45) is 5.52. The maximum absolute atomic E-state index is 9.69. The third kappa shape index (κ3) is 3.02. The van der Waals surface area contributed by atoms with Crippen LogP contribution in [0.5, 0.6) is 0 Å². The molecule has 0 aromatic rings. The van der Waals surface area contributed by atoms with Crippen molar-refractivity contribution < 1.29 is 14.6 Å². The zero-order chi connectivity index (χ0) is 13.2. The molecule has 3 N–H and O–H groups in total. The van der Waals surface area contributed by atoms with E-state index in [2.05, 4.69) is 10.6 Å². The van der Waals surface area contributed by atoms with E-state index in [1.54, 1.807) is 0 Å². The van der Waals surface area contributed by atoms with Gasteiger partial charge in [-0.25, -0.2) is 0 Å². The first kappa shape index (κ1) is 13.5. The van der Waals surface area contributed by atoms with Crippen LogP contribution in [-0.2, 0) is 9.47 Å². The molecule has 1 saturated carbocycles. The van der Waals surface area contributed by atoms with E-state index in [9.17, 15) is 5.11 Å². The second-order valence-electron chi connectivity index (χ2n) is 5.72. The number of hydrogen-bond donors (Lipinski definition) is 3. The van der Waals surface area contributed by atoms with E-state index < -0.39 is 6.10 Å². The summed E-state index contributed by atoms with van der Waals surface area (Å²) in [5.41, 5.74) is 0. The van der Waals surface area contributed by atoms with Gasteiger partial charge in [-0.05, 0) is 25.1 Å². The summed E-state index contributed by atoms with van der Waals surface area (Å²) in [7, 11) is 0. The van der Waals surface area contributed by atoms with Gasteiger partial charge >= 0.3 is 0 Å². The summed E-state index contributed by atoms with van der Waals surface area (Å²) in [6.45, 7) is 0.898. The SMILES string of the molecule is O[C@@H]1CO[C@H]2[C@@H]1OC[C@@H]2NC(=S)NC1CCCCC1. The minimum Gasteiger partial charge on any atom is -0.388 e. The molecule has 3 aliphatic rings. The van der Waals surface area contributed by atoms with E-state index in [-0.39, 0.29) is 18.2 Å². The number of aliphatic hydroxyl groups is 1. The Morgan fingerprint density at radius 1 is 1.00 bits per heavy atom. The molecule has 4 atom stereocenters. The third-order valence-electron chi connectivity index (χ3n) is 4.28. The summed E-state index contributed by atoms with van der Waals surface area (Å²) < 4.78 is 11.1. The molecule has 0 amide bonds. The molecule has 2 heterocycles. The predicted octanol–water partition coefficient (Wildman–Crippen LogP) is 0.310. The molecule has 0 aromatic carbocycles. The van der Waals surface area contributed by atoms with Gasteiger partial charge in [-0.3, -0.25) is 0 Å². The van der Waals surface area contributed by atoms with E-state index in [0.717, 1.165) is 0 Å². The normalized spacial score (nSPS) is 39.0. The minimum atomic E-state index is -0.503. The number of hydrogen-bond acceptors (Lipinski definition) is 4. The van der Waals surface area contributed by atoms with Crippen LogP contribution < -0.4 is 10.6 Å². The van der Waals surface area contributed by atoms with Crippen molar-refractivity contribution in [3.63, 3.8) is 0 Å². The lowest BCUT2D eigenvalue weighted by Gasteiger charge is -2.26. The Balaban J connectivity index is 1.47. The first-order valence-corrected chi connectivity index (χ1v) is 7.63. The third-order valence-corrected chi connectivity index (χ3v) is 4.52. The number of fused-ring (bicyclic) bond motifs is 1. The smallest absolute Gasteiger partial charge is 0.166 e. The molecular weight excluding hydrogens is 264 g/mol. The number of thiocarbonyl (C=S) groups is 1. The summed E-state index contributed by atoms with van der Waals surface area (Å²) in [6, 6.07) is 0.549. The maximum Gasteiger partial charge on any atom is 0.166 e. The summed E-state index contributed by atoms with van der Waals surface area (Å²) in [5.74, 6) is 0. The average Bonchev–Trinajstić information content (AvgIpc) is 2.96. The van der Waals surface area contributed by atoms with Crippen LogP contribution in [-0.4, -0.2) is 53.8 Å². The fourth-order valence-corrected chi connectivity index (χ4v) is 3.56. The lowest BCUT2D eigenvalue weighted by Crippen LogP contribution is -2.50. The second-order valence-corrected chi connectivity index (χ2v) is 6.13. The van der Waals surface area contributed by atoms with Crippen LogP contribution in [0.25, 0.3) is 0 Å². The molecule has 0 aromatic heterocycles. The van der Waals surface area contributed by atoms with E-state index in [1.807, 2.05) is 0 Å².